The second-order valence-corrected chi connectivity index (χ2v) is 5.61. The first-order valence-corrected chi connectivity index (χ1v) is 7.96. The van der Waals surface area contributed by atoms with Gasteiger partial charge in [0.25, 0.3) is 0 Å². The monoisotopic (exact) mass is 278 g/mol. The van der Waals surface area contributed by atoms with E-state index >= 15 is 0 Å². The van der Waals surface area contributed by atoms with E-state index in [1.165, 1.54) is 44.1 Å². The molecule has 0 radical (unpaired) electrons. The van der Waals surface area contributed by atoms with Crippen molar-refractivity contribution in [2.45, 2.75) is 58.0 Å². The van der Waals surface area contributed by atoms with Crippen LogP contribution in [-0.4, -0.2) is 19.8 Å². The van der Waals surface area contributed by atoms with E-state index in [1.54, 1.807) is 7.11 Å². The Labute approximate surface area is 122 Å². The molecule has 0 aliphatic heterocycles. The topological polar surface area (TPSA) is 35.1 Å². The third-order valence-corrected chi connectivity index (χ3v) is 4.11. The molecule has 112 valence electrons. The summed E-state index contributed by atoms with van der Waals surface area (Å²) >= 11 is 0. The van der Waals surface area contributed by atoms with Gasteiger partial charge in [-0.1, -0.05) is 12.8 Å². The summed E-state index contributed by atoms with van der Waals surface area (Å²) in [6, 6.07) is 7.08. The fourth-order valence-electron chi connectivity index (χ4n) is 2.97. The summed E-state index contributed by atoms with van der Waals surface area (Å²) < 4.78 is 11.0. The Morgan fingerprint density at radius 3 is 2.50 bits per heavy atom. The van der Waals surface area contributed by atoms with Crippen molar-refractivity contribution >= 4 is 0 Å². The van der Waals surface area contributed by atoms with Gasteiger partial charge in [-0.25, -0.2) is 0 Å². The first-order chi connectivity index (χ1) is 9.83. The van der Waals surface area contributed by atoms with Crippen molar-refractivity contribution in [3.63, 3.8) is 0 Å². The minimum Gasteiger partial charge on any atom is -0.493 e. The molecule has 0 saturated heterocycles. The Balaban J connectivity index is 1.93. The summed E-state index contributed by atoms with van der Waals surface area (Å²) in [7, 11) is 1.69. The molecule has 0 spiro atoms. The Bertz CT molecular complexity index is 398. The average molecular weight is 278 g/mol. The van der Waals surface area contributed by atoms with Gasteiger partial charge in [0.1, 0.15) is 6.54 Å². The van der Waals surface area contributed by atoms with E-state index < -0.39 is 0 Å². The van der Waals surface area contributed by atoms with Gasteiger partial charge >= 0.3 is 0 Å². The lowest BCUT2D eigenvalue weighted by Crippen LogP contribution is -2.88. The number of quaternary nitrogens is 1. The zero-order valence-electron chi connectivity index (χ0n) is 12.9. The molecular weight excluding hydrogens is 250 g/mol. The van der Waals surface area contributed by atoms with Crippen LogP contribution in [0.4, 0.5) is 0 Å². The van der Waals surface area contributed by atoms with Crippen molar-refractivity contribution in [2.24, 2.45) is 0 Å². The molecule has 0 atom stereocenters. The smallest absolute Gasteiger partial charge is 0.161 e. The predicted molar refractivity (Wildman–Crippen MR) is 81.3 cm³/mol. The molecule has 3 nitrogen and oxygen atoms in total. The lowest BCUT2D eigenvalue weighted by molar-refractivity contribution is -0.705. The molecule has 1 aromatic rings. The normalized spacial score (nSPS) is 16.7. The highest BCUT2D eigenvalue weighted by Gasteiger charge is 2.15. The second kappa shape index (κ2) is 8.15. The number of hydrogen-bond acceptors (Lipinski definition) is 2. The molecule has 1 aliphatic carbocycles. The van der Waals surface area contributed by atoms with Gasteiger partial charge in [0.2, 0.25) is 0 Å². The van der Waals surface area contributed by atoms with E-state index in [0.29, 0.717) is 6.61 Å². The van der Waals surface area contributed by atoms with Crippen LogP contribution in [0.1, 0.15) is 51.0 Å². The van der Waals surface area contributed by atoms with Crippen LogP contribution < -0.4 is 14.8 Å². The van der Waals surface area contributed by atoms with Crippen molar-refractivity contribution in [3.05, 3.63) is 23.8 Å². The van der Waals surface area contributed by atoms with E-state index in [0.717, 1.165) is 24.1 Å². The molecule has 2 rings (SSSR count). The van der Waals surface area contributed by atoms with Crippen LogP contribution in [0.15, 0.2) is 18.2 Å². The molecular formula is C17H28NO2+. The quantitative estimate of drug-likeness (QED) is 0.812. The minimum atomic E-state index is 0.673. The standard InChI is InChI=1S/C17H27NO2/c1-3-20-17-12-14(10-11-16(17)19-2)13-18-15-8-6-4-5-7-9-15/h10-12,15,18H,3-9,13H2,1-2H3/p+1. The van der Waals surface area contributed by atoms with Crippen LogP contribution in [0.3, 0.4) is 0 Å². The van der Waals surface area contributed by atoms with Gasteiger partial charge < -0.3 is 14.8 Å². The number of benzene rings is 1. The van der Waals surface area contributed by atoms with Gasteiger partial charge in [-0.15, -0.1) is 0 Å². The molecule has 1 aromatic carbocycles. The summed E-state index contributed by atoms with van der Waals surface area (Å²) in [5.41, 5.74) is 1.32. The Hall–Kier alpha value is -1.22. The van der Waals surface area contributed by atoms with Gasteiger partial charge in [0.15, 0.2) is 11.5 Å². The molecule has 3 heteroatoms. The van der Waals surface area contributed by atoms with Crippen molar-refractivity contribution in [2.75, 3.05) is 13.7 Å². The maximum Gasteiger partial charge on any atom is 0.161 e. The summed E-state index contributed by atoms with van der Waals surface area (Å²) in [6.45, 7) is 3.71. The molecule has 20 heavy (non-hydrogen) atoms. The van der Waals surface area contributed by atoms with Crippen molar-refractivity contribution < 1.29 is 14.8 Å². The Kier molecular flexibility index (Phi) is 6.19. The Morgan fingerprint density at radius 1 is 1.10 bits per heavy atom. The highest BCUT2D eigenvalue weighted by molar-refractivity contribution is 5.42. The minimum absolute atomic E-state index is 0.673. The molecule has 0 bridgehead atoms. The number of methoxy groups -OCH3 is 1. The molecule has 0 amide bonds. The lowest BCUT2D eigenvalue weighted by Gasteiger charge is -2.14. The number of ether oxygens (including phenoxy) is 2. The largest absolute Gasteiger partial charge is 0.493 e. The van der Waals surface area contributed by atoms with E-state index in [1.807, 2.05) is 13.0 Å². The maximum atomic E-state index is 5.64. The van der Waals surface area contributed by atoms with E-state index in [9.17, 15) is 0 Å². The van der Waals surface area contributed by atoms with Crippen LogP contribution in [0.5, 0.6) is 11.5 Å². The van der Waals surface area contributed by atoms with Crippen molar-refractivity contribution in [1.82, 2.24) is 0 Å². The average Bonchev–Trinajstić information content (AvgIpc) is 2.74. The highest BCUT2D eigenvalue weighted by atomic mass is 16.5. The van der Waals surface area contributed by atoms with Crippen molar-refractivity contribution in [3.8, 4) is 11.5 Å². The highest BCUT2D eigenvalue weighted by Crippen LogP contribution is 2.27. The van der Waals surface area contributed by atoms with Crippen LogP contribution >= 0.6 is 0 Å². The zero-order chi connectivity index (χ0) is 14.2. The van der Waals surface area contributed by atoms with Gasteiger partial charge in [0, 0.05) is 5.56 Å². The molecule has 1 saturated carbocycles. The summed E-state index contributed by atoms with van der Waals surface area (Å²) in [5, 5.41) is 2.50. The van der Waals surface area contributed by atoms with Crippen molar-refractivity contribution in [1.29, 1.82) is 0 Å². The fraction of sp³-hybridized carbons (Fsp3) is 0.647. The van der Waals surface area contributed by atoms with Crippen LogP contribution in [0.2, 0.25) is 0 Å². The number of hydrogen-bond donors (Lipinski definition) is 1. The maximum absolute atomic E-state index is 5.64. The number of nitrogens with two attached hydrogens (primary N) is 1. The van der Waals surface area contributed by atoms with E-state index in [-0.39, 0.29) is 0 Å². The molecule has 2 N–H and O–H groups in total. The predicted octanol–water partition coefficient (Wildman–Crippen LogP) is 2.88. The van der Waals surface area contributed by atoms with Gasteiger partial charge in [-0.05, 0) is 50.8 Å². The Morgan fingerprint density at radius 2 is 1.85 bits per heavy atom. The zero-order valence-corrected chi connectivity index (χ0v) is 12.9. The molecule has 0 heterocycles. The van der Waals surface area contributed by atoms with Crippen LogP contribution in [-0.2, 0) is 6.54 Å². The van der Waals surface area contributed by atoms with Gasteiger partial charge in [-0.3, -0.25) is 0 Å². The molecule has 1 fully saturated rings. The molecule has 1 aliphatic rings. The third kappa shape index (κ3) is 4.41. The van der Waals surface area contributed by atoms with Gasteiger partial charge in [-0.2, -0.15) is 0 Å². The summed E-state index contributed by atoms with van der Waals surface area (Å²) in [6.07, 6.45) is 8.37. The number of rotatable bonds is 6. The second-order valence-electron chi connectivity index (χ2n) is 5.61. The first-order valence-electron chi connectivity index (χ1n) is 7.96. The van der Waals surface area contributed by atoms with Crippen LogP contribution in [0, 0.1) is 0 Å². The lowest BCUT2D eigenvalue weighted by atomic mass is 10.1. The summed E-state index contributed by atoms with van der Waals surface area (Å²) in [5.74, 6) is 1.69. The van der Waals surface area contributed by atoms with Crippen LogP contribution in [0.25, 0.3) is 0 Å². The van der Waals surface area contributed by atoms with Gasteiger partial charge in [0.05, 0.1) is 19.8 Å². The molecule has 0 unspecified atom stereocenters. The van der Waals surface area contributed by atoms with E-state index in [2.05, 4.69) is 17.4 Å². The fourth-order valence-corrected chi connectivity index (χ4v) is 2.97. The first kappa shape index (κ1) is 15.2. The summed E-state index contributed by atoms with van der Waals surface area (Å²) in [4.78, 5) is 0. The SMILES string of the molecule is CCOc1cc(C[NH2+]C2CCCCCC2)ccc1OC. The molecule has 0 aromatic heterocycles. The van der Waals surface area contributed by atoms with E-state index in [4.69, 9.17) is 9.47 Å². The third-order valence-electron chi connectivity index (χ3n) is 4.11.